The normalized spacial score (nSPS) is 13.2. The van der Waals surface area contributed by atoms with E-state index in [4.69, 9.17) is 0 Å². The monoisotopic (exact) mass is 517 g/mol. The number of carboxylic acid groups (broad SMARTS) is 1. The molecule has 0 aliphatic carbocycles. The standard InChI is InChI=1S/C32H43N3O3/c1-22(2)17-28(35-16-14-25(18-30(35)36)13-15-34(5)6)21-33-29(20-31(37)38)26-11-8-12-27(19-26)32-23(3)9-7-10-24(32)4/h7-12,14,16,18-19,22,28-29,33H,13,15,17,20-21H2,1-6H3,(H,37,38). The number of nitrogens with zero attached hydrogens (tertiary/aromatic N) is 2. The number of nitrogens with one attached hydrogen (secondary N) is 1. The molecule has 2 atom stereocenters. The molecule has 0 saturated heterocycles. The molecule has 0 radical (unpaired) electrons. The van der Waals surface area contributed by atoms with Crippen molar-refractivity contribution in [3.05, 3.63) is 93.4 Å². The lowest BCUT2D eigenvalue weighted by atomic mass is 9.92. The van der Waals surface area contributed by atoms with Gasteiger partial charge in [-0.1, -0.05) is 50.2 Å². The average Bonchev–Trinajstić information content (AvgIpc) is 2.84. The lowest BCUT2D eigenvalue weighted by Gasteiger charge is -2.26. The summed E-state index contributed by atoms with van der Waals surface area (Å²) >= 11 is 0. The van der Waals surface area contributed by atoms with Crippen molar-refractivity contribution in [2.24, 2.45) is 5.92 Å². The van der Waals surface area contributed by atoms with Gasteiger partial charge < -0.3 is 19.9 Å². The van der Waals surface area contributed by atoms with E-state index in [1.165, 1.54) is 16.7 Å². The Hall–Kier alpha value is -3.22. The number of aromatic nitrogens is 1. The lowest BCUT2D eigenvalue weighted by Crippen LogP contribution is -2.35. The summed E-state index contributed by atoms with van der Waals surface area (Å²) in [6.07, 6.45) is 3.50. The molecule has 3 rings (SSSR count). The lowest BCUT2D eigenvalue weighted by molar-refractivity contribution is -0.137. The van der Waals surface area contributed by atoms with Crippen molar-refractivity contribution in [1.29, 1.82) is 0 Å². The van der Waals surface area contributed by atoms with E-state index in [9.17, 15) is 14.7 Å². The first-order valence-electron chi connectivity index (χ1n) is 13.5. The number of likely N-dealkylation sites (N-methyl/N-ethyl adjacent to an activating group) is 1. The van der Waals surface area contributed by atoms with Crippen molar-refractivity contribution in [2.45, 2.75) is 59.0 Å². The van der Waals surface area contributed by atoms with Crippen LogP contribution < -0.4 is 10.9 Å². The Kier molecular flexibility index (Phi) is 10.5. The van der Waals surface area contributed by atoms with Crippen LogP contribution in [0.5, 0.6) is 0 Å². The van der Waals surface area contributed by atoms with Gasteiger partial charge in [0.25, 0.3) is 5.56 Å². The van der Waals surface area contributed by atoms with Gasteiger partial charge in [-0.15, -0.1) is 0 Å². The van der Waals surface area contributed by atoms with Crippen molar-refractivity contribution in [3.8, 4) is 11.1 Å². The van der Waals surface area contributed by atoms with E-state index in [1.54, 1.807) is 10.6 Å². The van der Waals surface area contributed by atoms with Crippen LogP contribution in [-0.4, -0.2) is 47.7 Å². The summed E-state index contributed by atoms with van der Waals surface area (Å²) in [5.74, 6) is -0.477. The van der Waals surface area contributed by atoms with Crippen molar-refractivity contribution < 1.29 is 9.90 Å². The fraction of sp³-hybridized carbons (Fsp3) is 0.438. The summed E-state index contributed by atoms with van der Waals surface area (Å²) in [7, 11) is 4.05. The van der Waals surface area contributed by atoms with Gasteiger partial charge in [-0.3, -0.25) is 9.59 Å². The molecule has 0 bridgehead atoms. The van der Waals surface area contributed by atoms with Crippen LogP contribution in [0, 0.1) is 19.8 Å². The number of hydrogen-bond acceptors (Lipinski definition) is 4. The second-order valence-corrected chi connectivity index (χ2v) is 11.1. The molecule has 6 nitrogen and oxygen atoms in total. The molecule has 6 heteroatoms. The highest BCUT2D eigenvalue weighted by atomic mass is 16.4. The highest BCUT2D eigenvalue weighted by molar-refractivity contribution is 5.72. The molecule has 2 unspecified atom stereocenters. The molecule has 0 fully saturated rings. The minimum atomic E-state index is -0.859. The van der Waals surface area contributed by atoms with Crippen LogP contribution in [0.4, 0.5) is 0 Å². The second-order valence-electron chi connectivity index (χ2n) is 11.1. The molecule has 0 amide bonds. The number of carboxylic acids is 1. The molecule has 0 spiro atoms. The van der Waals surface area contributed by atoms with Gasteiger partial charge in [0, 0.05) is 37.4 Å². The molecule has 0 saturated carbocycles. The van der Waals surface area contributed by atoms with Crippen LogP contribution in [0.2, 0.25) is 0 Å². The highest BCUT2D eigenvalue weighted by Crippen LogP contribution is 2.30. The Balaban J connectivity index is 1.87. The summed E-state index contributed by atoms with van der Waals surface area (Å²) < 4.78 is 1.80. The molecular formula is C32H43N3O3. The zero-order valence-electron chi connectivity index (χ0n) is 23.7. The number of benzene rings is 2. The number of aryl methyl sites for hydroxylation is 2. The summed E-state index contributed by atoms with van der Waals surface area (Å²) in [5, 5.41) is 13.2. The Morgan fingerprint density at radius 2 is 1.71 bits per heavy atom. The Morgan fingerprint density at radius 1 is 1.03 bits per heavy atom. The van der Waals surface area contributed by atoms with Crippen LogP contribution in [0.25, 0.3) is 11.1 Å². The van der Waals surface area contributed by atoms with E-state index in [2.05, 4.69) is 68.2 Å². The maximum Gasteiger partial charge on any atom is 0.305 e. The quantitative estimate of drug-likeness (QED) is 0.307. The molecule has 2 aromatic carbocycles. The third-order valence-electron chi connectivity index (χ3n) is 7.03. The first kappa shape index (κ1) is 29.3. The van der Waals surface area contributed by atoms with Crippen LogP contribution >= 0.6 is 0 Å². The van der Waals surface area contributed by atoms with Crippen molar-refractivity contribution in [2.75, 3.05) is 27.2 Å². The first-order chi connectivity index (χ1) is 18.0. The first-order valence-corrected chi connectivity index (χ1v) is 13.5. The van der Waals surface area contributed by atoms with Gasteiger partial charge in [0.05, 0.1) is 6.42 Å². The van der Waals surface area contributed by atoms with Gasteiger partial charge in [-0.2, -0.15) is 0 Å². The second kappa shape index (κ2) is 13.5. The molecule has 0 aliphatic heterocycles. The van der Waals surface area contributed by atoms with Crippen molar-refractivity contribution in [3.63, 3.8) is 0 Å². The third-order valence-corrected chi connectivity index (χ3v) is 7.03. The fourth-order valence-electron chi connectivity index (χ4n) is 5.12. The molecule has 0 aliphatic rings. The van der Waals surface area contributed by atoms with E-state index in [1.807, 2.05) is 38.5 Å². The topological polar surface area (TPSA) is 74.6 Å². The van der Waals surface area contributed by atoms with Gasteiger partial charge in [0.15, 0.2) is 0 Å². The number of aliphatic carboxylic acids is 1. The highest BCUT2D eigenvalue weighted by Gasteiger charge is 2.21. The Labute approximate surface area is 227 Å². The smallest absolute Gasteiger partial charge is 0.305 e. The Bertz CT molecular complexity index is 1260. The van der Waals surface area contributed by atoms with E-state index >= 15 is 0 Å². The van der Waals surface area contributed by atoms with E-state index in [0.29, 0.717) is 12.5 Å². The zero-order chi connectivity index (χ0) is 27.8. The summed E-state index contributed by atoms with van der Waals surface area (Å²) in [6.45, 7) is 9.88. The molecule has 1 heterocycles. The van der Waals surface area contributed by atoms with Crippen LogP contribution in [0.15, 0.2) is 65.6 Å². The maximum absolute atomic E-state index is 13.1. The molecule has 204 valence electrons. The Morgan fingerprint density at radius 3 is 2.32 bits per heavy atom. The third kappa shape index (κ3) is 8.14. The van der Waals surface area contributed by atoms with Crippen molar-refractivity contribution >= 4 is 5.97 Å². The fourth-order valence-corrected chi connectivity index (χ4v) is 5.12. The van der Waals surface area contributed by atoms with E-state index in [-0.39, 0.29) is 24.1 Å². The minimum absolute atomic E-state index is 0.0134. The largest absolute Gasteiger partial charge is 0.481 e. The van der Waals surface area contributed by atoms with Gasteiger partial charge in [0.2, 0.25) is 0 Å². The number of hydrogen-bond donors (Lipinski definition) is 2. The van der Waals surface area contributed by atoms with E-state index < -0.39 is 5.97 Å². The minimum Gasteiger partial charge on any atom is -0.481 e. The molecule has 3 aromatic rings. The van der Waals surface area contributed by atoms with E-state index in [0.717, 1.165) is 36.1 Å². The molecule has 1 aromatic heterocycles. The van der Waals surface area contributed by atoms with Gasteiger partial charge in [0.1, 0.15) is 0 Å². The van der Waals surface area contributed by atoms with Crippen LogP contribution in [0.3, 0.4) is 0 Å². The number of rotatable bonds is 13. The predicted octanol–water partition coefficient (Wildman–Crippen LogP) is 5.63. The molecular weight excluding hydrogens is 474 g/mol. The van der Waals surface area contributed by atoms with Crippen LogP contribution in [0.1, 0.15) is 61.0 Å². The summed E-state index contributed by atoms with van der Waals surface area (Å²) in [6, 6.07) is 17.7. The molecule has 2 N–H and O–H groups in total. The average molecular weight is 518 g/mol. The predicted molar refractivity (Wildman–Crippen MR) is 156 cm³/mol. The van der Waals surface area contributed by atoms with Gasteiger partial charge in [-0.25, -0.2) is 0 Å². The SMILES string of the molecule is Cc1cccc(C)c1-c1cccc(C(CC(=O)O)NCC(CC(C)C)n2ccc(CCN(C)C)cc2=O)c1. The maximum atomic E-state index is 13.1. The van der Waals surface area contributed by atoms with Crippen molar-refractivity contribution in [1.82, 2.24) is 14.8 Å². The zero-order valence-corrected chi connectivity index (χ0v) is 23.7. The molecule has 38 heavy (non-hydrogen) atoms. The summed E-state index contributed by atoms with van der Waals surface area (Å²) in [4.78, 5) is 27.0. The number of carbonyl (C=O) groups is 1. The summed E-state index contributed by atoms with van der Waals surface area (Å²) in [5.41, 5.74) is 6.59. The number of pyridine rings is 1. The van der Waals surface area contributed by atoms with Gasteiger partial charge >= 0.3 is 5.97 Å². The van der Waals surface area contributed by atoms with Crippen LogP contribution in [-0.2, 0) is 11.2 Å². The van der Waals surface area contributed by atoms with Gasteiger partial charge in [-0.05, 0) is 92.2 Å².